The number of rotatable bonds is 3. The lowest BCUT2D eigenvalue weighted by atomic mass is 9.49. The number of piperidine rings is 1. The molecule has 1 saturated heterocycles. The van der Waals surface area contributed by atoms with E-state index >= 15 is 0 Å². The molecule has 41 heavy (non-hydrogen) atoms. The van der Waals surface area contributed by atoms with Crippen molar-refractivity contribution in [1.82, 2.24) is 9.47 Å². The first kappa shape index (κ1) is 26.1. The number of fused-ring (bicyclic) bond motifs is 4. The van der Waals surface area contributed by atoms with Crippen LogP contribution in [-0.4, -0.2) is 65.6 Å². The summed E-state index contributed by atoms with van der Waals surface area (Å²) >= 11 is 0. The summed E-state index contributed by atoms with van der Waals surface area (Å²) in [6, 6.07) is 11.3. The highest BCUT2D eigenvalue weighted by Gasteiger charge is 2.73. The van der Waals surface area contributed by atoms with E-state index in [-0.39, 0.29) is 12.1 Å². The quantitative estimate of drug-likeness (QED) is 0.450. The normalized spacial score (nSPS) is 30.9. The van der Waals surface area contributed by atoms with E-state index in [0.717, 1.165) is 62.7 Å². The van der Waals surface area contributed by atoms with Gasteiger partial charge in [-0.2, -0.15) is 8.42 Å². The summed E-state index contributed by atoms with van der Waals surface area (Å²) in [4.78, 5) is 2.66. The molecule has 4 atom stereocenters. The second kappa shape index (κ2) is 8.72. The molecule has 6 aliphatic rings. The third-order valence-electron chi connectivity index (χ3n) is 10.8. The van der Waals surface area contributed by atoms with Crippen LogP contribution in [0.4, 0.5) is 0 Å². The predicted molar refractivity (Wildman–Crippen MR) is 155 cm³/mol. The van der Waals surface area contributed by atoms with Gasteiger partial charge in [-0.3, -0.25) is 9.45 Å². The number of ether oxygens (including phenoxy) is 2. The van der Waals surface area contributed by atoms with Gasteiger partial charge in [0.2, 0.25) is 0 Å². The molecular weight excluding hydrogens is 540 g/mol. The maximum atomic E-state index is 13.1. The predicted octanol–water partition coefficient (Wildman–Crippen LogP) is 4.19. The van der Waals surface area contributed by atoms with Gasteiger partial charge in [-0.05, 0) is 80.2 Å². The van der Waals surface area contributed by atoms with Crippen LogP contribution in [0, 0.1) is 5.92 Å². The number of aliphatic hydroxyl groups is 1. The van der Waals surface area contributed by atoms with E-state index in [1.165, 1.54) is 64.5 Å². The topological polar surface area (TPSA) is 101 Å². The number of methoxy groups -OCH3 is 1. The zero-order chi connectivity index (χ0) is 28.3. The highest BCUT2D eigenvalue weighted by Crippen LogP contribution is 2.69. The molecule has 1 aromatic heterocycles. The lowest BCUT2D eigenvalue weighted by Gasteiger charge is -2.63. The Labute approximate surface area is 241 Å². The average Bonchev–Trinajstić information content (AvgIpc) is 3.63. The smallest absolute Gasteiger partial charge is 0.261 e. The minimum atomic E-state index is -3.67. The minimum absolute atomic E-state index is 0.132. The molecule has 2 aromatic carbocycles. The van der Waals surface area contributed by atoms with E-state index in [1.54, 1.807) is 7.11 Å². The van der Waals surface area contributed by atoms with Gasteiger partial charge in [-0.15, -0.1) is 0 Å². The van der Waals surface area contributed by atoms with Crippen molar-refractivity contribution in [3.63, 3.8) is 0 Å². The zero-order valence-corrected chi connectivity index (χ0v) is 24.5. The maximum Gasteiger partial charge on any atom is 0.261 e. The first-order valence-corrected chi connectivity index (χ1v) is 16.9. The number of hydrogen-bond donors (Lipinski definition) is 2. The first-order chi connectivity index (χ1) is 19.6. The second-order valence-electron chi connectivity index (χ2n) is 13.1. The molecule has 1 saturated carbocycles. The van der Waals surface area contributed by atoms with E-state index in [9.17, 15) is 13.5 Å². The largest absolute Gasteiger partial charge is 0.493 e. The van der Waals surface area contributed by atoms with Gasteiger partial charge in [-0.1, -0.05) is 24.3 Å². The molecule has 9 rings (SSSR count). The van der Waals surface area contributed by atoms with Crippen molar-refractivity contribution < 1.29 is 27.6 Å². The molecule has 218 valence electrons. The number of nitrogens with zero attached hydrogens (tertiary/aromatic N) is 2. The number of aromatic nitrogens is 1. The molecule has 2 fully saturated rings. The van der Waals surface area contributed by atoms with Gasteiger partial charge in [0, 0.05) is 36.5 Å². The molecule has 0 unspecified atom stereocenters. The fourth-order valence-corrected chi connectivity index (χ4v) is 9.15. The van der Waals surface area contributed by atoms with Crippen LogP contribution < -0.4 is 9.47 Å². The Morgan fingerprint density at radius 3 is 2.68 bits per heavy atom. The van der Waals surface area contributed by atoms with Gasteiger partial charge in [-0.25, -0.2) is 0 Å². The van der Waals surface area contributed by atoms with Crippen LogP contribution in [0.15, 0.2) is 30.3 Å². The SMILES string of the molecule is COc1ccc2c3c1O[C@H]1c4c(c5cccc6c5n4CCCC6)C[C@@]4(O)[C@H](C2)N(CC2CC2)CC[C@]314.CS(=O)(=O)O. The molecular formula is C32H38N2O6S. The van der Waals surface area contributed by atoms with E-state index in [2.05, 4.69) is 39.8 Å². The summed E-state index contributed by atoms with van der Waals surface area (Å²) < 4.78 is 41.4. The van der Waals surface area contributed by atoms with Crippen LogP contribution >= 0.6 is 0 Å². The van der Waals surface area contributed by atoms with Crippen molar-refractivity contribution in [3.05, 3.63) is 58.3 Å². The fraction of sp³-hybridized carbons (Fsp3) is 0.562. The Hall–Kier alpha value is -2.59. The molecule has 9 heteroatoms. The number of likely N-dealkylation sites (tertiary alicyclic amines) is 1. The Morgan fingerprint density at radius 1 is 1.12 bits per heavy atom. The van der Waals surface area contributed by atoms with Crippen LogP contribution in [0.3, 0.4) is 0 Å². The summed E-state index contributed by atoms with van der Waals surface area (Å²) in [5, 5.41) is 14.5. The Bertz CT molecular complexity index is 1690. The third-order valence-corrected chi connectivity index (χ3v) is 10.8. The number of aryl methyl sites for hydroxylation is 2. The van der Waals surface area contributed by atoms with Crippen molar-refractivity contribution in [2.45, 2.75) is 81.1 Å². The standard InChI is InChI=1S/C31H34N2O3.CH4O3S/c1-35-23-11-10-20-15-24-31(34)16-22-21-7-4-6-19-5-2-3-13-33(26(19)21)27(22)29-30(31,25(20)28(23)36-29)12-14-32(24)17-18-8-9-18;1-5(2,3)4/h4,6-7,10-11,18,24,29,34H,2-3,5,8-9,12-17H2,1H3;1H3,(H,2,3,4)/t24-,29-,30-,31+;/m0./s1. The van der Waals surface area contributed by atoms with Gasteiger partial charge in [0.15, 0.2) is 17.6 Å². The third kappa shape index (κ3) is 3.58. The Morgan fingerprint density at radius 2 is 1.93 bits per heavy atom. The van der Waals surface area contributed by atoms with E-state index in [1.807, 2.05) is 0 Å². The van der Waals surface area contributed by atoms with E-state index in [0.29, 0.717) is 6.26 Å². The van der Waals surface area contributed by atoms with Crippen LogP contribution in [0.25, 0.3) is 10.9 Å². The molecule has 3 aliphatic carbocycles. The Kier molecular flexibility index (Phi) is 5.55. The van der Waals surface area contributed by atoms with Crippen molar-refractivity contribution in [2.75, 3.05) is 26.5 Å². The second-order valence-corrected chi connectivity index (χ2v) is 14.6. The average molecular weight is 579 g/mol. The number of para-hydroxylation sites is 1. The molecule has 0 amide bonds. The van der Waals surface area contributed by atoms with Crippen molar-refractivity contribution in [3.8, 4) is 11.5 Å². The van der Waals surface area contributed by atoms with Gasteiger partial charge in [0.25, 0.3) is 10.1 Å². The fourth-order valence-electron chi connectivity index (χ4n) is 9.15. The summed E-state index contributed by atoms with van der Waals surface area (Å²) in [6.07, 6.45) is 9.35. The van der Waals surface area contributed by atoms with Gasteiger partial charge in [0.05, 0.1) is 35.6 Å². The zero-order valence-electron chi connectivity index (χ0n) is 23.7. The summed E-state index contributed by atoms with van der Waals surface area (Å²) in [7, 11) is -1.92. The van der Waals surface area contributed by atoms with Gasteiger partial charge >= 0.3 is 0 Å². The molecule has 0 radical (unpaired) electrons. The molecule has 3 aromatic rings. The molecule has 1 spiro atoms. The monoisotopic (exact) mass is 578 g/mol. The van der Waals surface area contributed by atoms with Crippen LogP contribution in [0.1, 0.15) is 66.2 Å². The lowest BCUT2D eigenvalue weighted by molar-refractivity contribution is -0.173. The maximum absolute atomic E-state index is 13.1. The van der Waals surface area contributed by atoms with E-state index in [4.69, 9.17) is 14.0 Å². The summed E-state index contributed by atoms with van der Waals surface area (Å²) in [5.41, 5.74) is 6.89. The number of benzene rings is 2. The minimum Gasteiger partial charge on any atom is -0.493 e. The van der Waals surface area contributed by atoms with Gasteiger partial charge in [0.1, 0.15) is 0 Å². The summed E-state index contributed by atoms with van der Waals surface area (Å²) in [6.45, 7) is 3.21. The molecule has 2 bridgehead atoms. The van der Waals surface area contributed by atoms with E-state index < -0.39 is 21.1 Å². The van der Waals surface area contributed by atoms with Crippen LogP contribution in [-0.2, 0) is 41.3 Å². The van der Waals surface area contributed by atoms with Crippen LogP contribution in [0.5, 0.6) is 11.5 Å². The molecule has 3 aliphatic heterocycles. The van der Waals surface area contributed by atoms with Gasteiger partial charge < -0.3 is 19.1 Å². The summed E-state index contributed by atoms with van der Waals surface area (Å²) in [5.74, 6) is 2.52. The number of hydrogen-bond acceptors (Lipinski definition) is 6. The molecule has 4 heterocycles. The highest BCUT2D eigenvalue weighted by atomic mass is 32.2. The molecule has 8 nitrogen and oxygen atoms in total. The first-order valence-electron chi connectivity index (χ1n) is 15.0. The molecule has 2 N–H and O–H groups in total. The van der Waals surface area contributed by atoms with Crippen molar-refractivity contribution in [2.24, 2.45) is 5.92 Å². The lowest BCUT2D eigenvalue weighted by Crippen LogP contribution is -2.74. The Balaban J connectivity index is 0.000000475. The highest BCUT2D eigenvalue weighted by molar-refractivity contribution is 7.85. The van der Waals surface area contributed by atoms with Crippen molar-refractivity contribution >= 4 is 21.0 Å². The van der Waals surface area contributed by atoms with Crippen LogP contribution in [0.2, 0.25) is 0 Å². The van der Waals surface area contributed by atoms with Crippen molar-refractivity contribution in [1.29, 1.82) is 0 Å².